The van der Waals surface area contributed by atoms with Crippen LogP contribution >= 0.6 is 0 Å². The van der Waals surface area contributed by atoms with Crippen LogP contribution < -0.4 is 0 Å². The average Bonchev–Trinajstić information content (AvgIpc) is 2.96. The van der Waals surface area contributed by atoms with Gasteiger partial charge in [0, 0.05) is 25.4 Å². The van der Waals surface area contributed by atoms with Gasteiger partial charge in [0.05, 0.1) is 12.3 Å². The number of rotatable bonds is 1. The monoisotopic (exact) mass is 229 g/mol. The second kappa shape index (κ2) is 4.02. The minimum Gasteiger partial charge on any atom is -0.468 e. The van der Waals surface area contributed by atoms with Crippen LogP contribution in [0.2, 0.25) is 0 Å². The lowest BCUT2D eigenvalue weighted by Gasteiger charge is -2.35. The van der Waals surface area contributed by atoms with E-state index >= 15 is 0 Å². The molecule has 1 aromatic heterocycles. The number of furan rings is 1. The molecule has 0 saturated carbocycles. The van der Waals surface area contributed by atoms with Gasteiger partial charge < -0.3 is 4.42 Å². The zero-order chi connectivity index (χ0) is 11.8. The first-order valence-corrected chi connectivity index (χ1v) is 5.99. The first-order chi connectivity index (χ1) is 8.29. The van der Waals surface area contributed by atoms with Gasteiger partial charge in [0.25, 0.3) is 0 Å². The zero-order valence-corrected chi connectivity index (χ0v) is 9.69. The summed E-state index contributed by atoms with van der Waals surface area (Å²) in [7, 11) is 0. The number of fused-ring (bicyclic) bond motifs is 1. The summed E-state index contributed by atoms with van der Waals surface area (Å²) in [5.41, 5.74) is 4.17. The maximum atomic E-state index is 11.8. The molecule has 2 aliphatic rings. The smallest absolute Gasteiger partial charge is 0.136 e. The molecule has 1 aromatic rings. The van der Waals surface area contributed by atoms with Crippen LogP contribution in [0.25, 0.3) is 0 Å². The zero-order valence-electron chi connectivity index (χ0n) is 9.69. The second-order valence-corrected chi connectivity index (χ2v) is 4.68. The molecule has 3 heteroatoms. The predicted molar refractivity (Wildman–Crippen MR) is 63.5 cm³/mol. The number of carbonyl (C=O) groups excluding carboxylic acids is 1. The normalized spacial score (nSPS) is 29.2. The lowest BCUT2D eigenvalue weighted by Crippen LogP contribution is -2.41. The third-order valence-electron chi connectivity index (χ3n) is 3.78. The van der Waals surface area contributed by atoms with Crippen LogP contribution in [0.1, 0.15) is 31.1 Å². The van der Waals surface area contributed by atoms with E-state index in [9.17, 15) is 4.79 Å². The molecule has 2 aliphatic heterocycles. The summed E-state index contributed by atoms with van der Waals surface area (Å²) >= 11 is 0. The maximum Gasteiger partial charge on any atom is 0.136 e. The molecular weight excluding hydrogens is 214 g/mol. The third-order valence-corrected chi connectivity index (χ3v) is 3.78. The summed E-state index contributed by atoms with van der Waals surface area (Å²) in [4.78, 5) is 14.2. The van der Waals surface area contributed by atoms with Crippen LogP contribution in [-0.4, -0.2) is 23.3 Å². The standard InChI is InChI=1S/C14H15NO2/c1-2-10-5-6-15-12(10)8-11(16)9-13(15)14-4-3-7-17-14/h3-4,7,12-13H,1,5-6,8-9H2/t12-,13-/m0/s1. The van der Waals surface area contributed by atoms with Crippen LogP contribution in [0.15, 0.2) is 40.7 Å². The van der Waals surface area contributed by atoms with E-state index in [0.29, 0.717) is 18.6 Å². The van der Waals surface area contributed by atoms with Crippen molar-refractivity contribution < 1.29 is 9.21 Å². The molecule has 2 saturated heterocycles. The molecular formula is C14H15NO2. The molecule has 2 fully saturated rings. The molecule has 0 radical (unpaired) electrons. The summed E-state index contributed by atoms with van der Waals surface area (Å²) < 4.78 is 5.46. The molecule has 0 spiro atoms. The molecule has 17 heavy (non-hydrogen) atoms. The quantitative estimate of drug-likeness (QED) is 0.694. The van der Waals surface area contributed by atoms with Crippen molar-refractivity contribution in [2.24, 2.45) is 0 Å². The first-order valence-electron chi connectivity index (χ1n) is 5.99. The summed E-state index contributed by atoms with van der Waals surface area (Å²) in [6.07, 6.45) is 3.81. The van der Waals surface area contributed by atoms with Gasteiger partial charge >= 0.3 is 0 Å². The maximum absolute atomic E-state index is 11.8. The van der Waals surface area contributed by atoms with E-state index in [4.69, 9.17) is 4.42 Å². The fraction of sp³-hybridized carbons (Fsp3) is 0.429. The van der Waals surface area contributed by atoms with Crippen molar-refractivity contribution in [2.45, 2.75) is 31.3 Å². The van der Waals surface area contributed by atoms with E-state index in [1.807, 2.05) is 12.1 Å². The van der Waals surface area contributed by atoms with Crippen molar-refractivity contribution in [3.8, 4) is 0 Å². The largest absolute Gasteiger partial charge is 0.468 e. The average molecular weight is 229 g/mol. The van der Waals surface area contributed by atoms with E-state index in [-0.39, 0.29) is 12.1 Å². The molecule has 2 atom stereocenters. The molecule has 0 bridgehead atoms. The van der Waals surface area contributed by atoms with Crippen LogP contribution in [0.3, 0.4) is 0 Å². The van der Waals surface area contributed by atoms with Gasteiger partial charge in [-0.15, -0.1) is 5.73 Å². The highest BCUT2D eigenvalue weighted by Gasteiger charge is 2.41. The number of carbonyl (C=O) groups is 1. The molecule has 0 aliphatic carbocycles. The SMILES string of the molecule is C=C=C1CCN2[C@H]1CC(=O)C[C@H]2c1ccco1. The number of hydrogen-bond acceptors (Lipinski definition) is 3. The molecule has 0 aromatic carbocycles. The Hall–Kier alpha value is -1.57. The topological polar surface area (TPSA) is 33.5 Å². The van der Waals surface area contributed by atoms with Crippen LogP contribution in [0.5, 0.6) is 0 Å². The highest BCUT2D eigenvalue weighted by Crippen LogP contribution is 2.39. The van der Waals surface area contributed by atoms with Crippen molar-refractivity contribution in [1.82, 2.24) is 4.90 Å². The molecule has 0 amide bonds. The van der Waals surface area contributed by atoms with Crippen molar-refractivity contribution in [1.29, 1.82) is 0 Å². The number of piperidine rings is 1. The van der Waals surface area contributed by atoms with Gasteiger partial charge in [0.1, 0.15) is 11.5 Å². The van der Waals surface area contributed by atoms with Crippen LogP contribution in [-0.2, 0) is 4.79 Å². The van der Waals surface area contributed by atoms with Crippen molar-refractivity contribution >= 4 is 5.78 Å². The Morgan fingerprint density at radius 1 is 1.41 bits per heavy atom. The molecule has 3 nitrogen and oxygen atoms in total. The number of ketones is 1. The van der Waals surface area contributed by atoms with Crippen molar-refractivity contribution in [3.63, 3.8) is 0 Å². The van der Waals surface area contributed by atoms with Gasteiger partial charge in [-0.05, 0) is 24.1 Å². The summed E-state index contributed by atoms with van der Waals surface area (Å²) in [5.74, 6) is 1.20. The van der Waals surface area contributed by atoms with Gasteiger partial charge in [-0.2, -0.15) is 0 Å². The Morgan fingerprint density at radius 3 is 2.94 bits per heavy atom. The fourth-order valence-electron chi connectivity index (χ4n) is 2.97. The summed E-state index contributed by atoms with van der Waals surface area (Å²) in [5, 5.41) is 0. The van der Waals surface area contributed by atoms with Gasteiger partial charge in [-0.1, -0.05) is 6.58 Å². The number of Topliss-reactive ketones (excluding diaryl/α,β-unsaturated/α-hetero) is 1. The Balaban J connectivity index is 1.95. The Bertz CT molecular complexity index is 482. The molecule has 0 unspecified atom stereocenters. The molecule has 3 rings (SSSR count). The van der Waals surface area contributed by atoms with Crippen LogP contribution in [0, 0.1) is 0 Å². The lowest BCUT2D eigenvalue weighted by molar-refractivity contribution is -0.124. The van der Waals surface area contributed by atoms with Crippen LogP contribution in [0.4, 0.5) is 0 Å². The Labute approximate surface area is 100 Å². The molecule has 0 N–H and O–H groups in total. The van der Waals surface area contributed by atoms with E-state index in [0.717, 1.165) is 18.7 Å². The number of nitrogens with zero attached hydrogens (tertiary/aromatic N) is 1. The van der Waals surface area contributed by atoms with Gasteiger partial charge in [0.2, 0.25) is 0 Å². The van der Waals surface area contributed by atoms with Gasteiger partial charge in [0.15, 0.2) is 0 Å². The second-order valence-electron chi connectivity index (χ2n) is 4.68. The first kappa shape index (κ1) is 10.6. The minimum absolute atomic E-state index is 0.0992. The van der Waals surface area contributed by atoms with E-state index in [1.165, 1.54) is 5.57 Å². The van der Waals surface area contributed by atoms with E-state index in [1.54, 1.807) is 6.26 Å². The van der Waals surface area contributed by atoms with E-state index in [2.05, 4.69) is 17.2 Å². The fourth-order valence-corrected chi connectivity index (χ4v) is 2.97. The Morgan fingerprint density at radius 2 is 2.24 bits per heavy atom. The van der Waals surface area contributed by atoms with Gasteiger partial charge in [-0.3, -0.25) is 9.69 Å². The van der Waals surface area contributed by atoms with Gasteiger partial charge in [-0.25, -0.2) is 0 Å². The number of hydrogen-bond donors (Lipinski definition) is 0. The predicted octanol–water partition coefficient (Wildman–Crippen LogP) is 2.47. The molecule has 88 valence electrons. The lowest BCUT2D eigenvalue weighted by atomic mass is 9.92. The molecule has 3 heterocycles. The summed E-state index contributed by atoms with van der Waals surface area (Å²) in [6.45, 7) is 4.70. The Kier molecular flexibility index (Phi) is 2.50. The van der Waals surface area contributed by atoms with E-state index < -0.39 is 0 Å². The highest BCUT2D eigenvalue weighted by atomic mass is 16.3. The highest BCUT2D eigenvalue weighted by molar-refractivity contribution is 5.81. The van der Waals surface area contributed by atoms with Crippen molar-refractivity contribution in [2.75, 3.05) is 6.54 Å². The van der Waals surface area contributed by atoms with Crippen molar-refractivity contribution in [3.05, 3.63) is 42.0 Å². The minimum atomic E-state index is 0.0992. The third kappa shape index (κ3) is 1.68. The summed E-state index contributed by atoms with van der Waals surface area (Å²) in [6, 6.07) is 4.13.